The van der Waals surface area contributed by atoms with Gasteiger partial charge >= 0.3 is 0 Å². The molecule has 1 aliphatic rings. The summed E-state index contributed by atoms with van der Waals surface area (Å²) in [4.78, 5) is 11.7. The highest BCUT2D eigenvalue weighted by Crippen LogP contribution is 2.32. The van der Waals surface area contributed by atoms with E-state index in [0.717, 1.165) is 57.0 Å². The molecule has 1 aliphatic heterocycles. The Labute approximate surface area is 173 Å². The molecule has 0 spiro atoms. The minimum atomic E-state index is 0.682. The normalized spacial score (nSPS) is 13.6. The Morgan fingerprint density at radius 1 is 1.17 bits per heavy atom. The third-order valence-corrected chi connectivity index (χ3v) is 5.67. The number of imidazole rings is 1. The summed E-state index contributed by atoms with van der Waals surface area (Å²) in [6.45, 7) is 1.62. The molecule has 3 aromatic heterocycles. The topological polar surface area (TPSA) is 71.3 Å². The molecule has 0 aliphatic carbocycles. The monoisotopic (exact) mass is 396 g/mol. The van der Waals surface area contributed by atoms with Crippen molar-refractivity contribution in [3.8, 4) is 17.0 Å². The van der Waals surface area contributed by atoms with E-state index in [1.165, 1.54) is 0 Å². The van der Waals surface area contributed by atoms with E-state index in [1.807, 2.05) is 29.2 Å². The van der Waals surface area contributed by atoms with Crippen LogP contribution in [0.3, 0.4) is 0 Å². The van der Waals surface area contributed by atoms with E-state index in [4.69, 9.17) is 9.72 Å². The van der Waals surface area contributed by atoms with Crippen LogP contribution in [0.25, 0.3) is 27.8 Å². The van der Waals surface area contributed by atoms with Crippen LogP contribution < -0.4 is 9.64 Å². The van der Waals surface area contributed by atoms with Crippen LogP contribution in [0.1, 0.15) is 11.3 Å². The number of benzene rings is 2. The van der Waals surface area contributed by atoms with Crippen molar-refractivity contribution >= 4 is 22.2 Å². The van der Waals surface area contributed by atoms with E-state index in [0.29, 0.717) is 13.0 Å². The Morgan fingerprint density at radius 2 is 2.13 bits per heavy atom. The molecule has 1 N–H and O–H groups in total. The van der Waals surface area contributed by atoms with Crippen molar-refractivity contribution < 1.29 is 4.74 Å². The Bertz CT molecular complexity index is 1390. The van der Waals surface area contributed by atoms with Crippen molar-refractivity contribution in [3.05, 3.63) is 72.4 Å². The summed E-state index contributed by atoms with van der Waals surface area (Å²) in [7, 11) is 2.09. The first kappa shape index (κ1) is 17.0. The lowest BCUT2D eigenvalue weighted by Crippen LogP contribution is -2.28. The summed E-state index contributed by atoms with van der Waals surface area (Å²) in [5.41, 5.74) is 7.04. The van der Waals surface area contributed by atoms with Crippen molar-refractivity contribution in [2.24, 2.45) is 0 Å². The number of hydrogen-bond donors (Lipinski definition) is 1. The molecule has 0 bridgehead atoms. The fraction of sp³-hybridized carbons (Fsp3) is 0.174. The van der Waals surface area contributed by atoms with Crippen LogP contribution in [0, 0.1) is 0 Å². The van der Waals surface area contributed by atoms with Crippen molar-refractivity contribution in [2.75, 3.05) is 25.1 Å². The van der Waals surface area contributed by atoms with Crippen molar-refractivity contribution in [1.82, 2.24) is 24.6 Å². The number of aromatic nitrogens is 5. The number of nitrogens with zero attached hydrogens (tertiary/aromatic N) is 5. The molecule has 7 nitrogen and oxygen atoms in total. The first-order valence-corrected chi connectivity index (χ1v) is 9.97. The number of likely N-dealkylation sites (N-methyl/N-ethyl adjacent to an activating group) is 1. The molecule has 7 heteroatoms. The van der Waals surface area contributed by atoms with Gasteiger partial charge in [0.25, 0.3) is 0 Å². The van der Waals surface area contributed by atoms with Crippen molar-refractivity contribution in [1.29, 1.82) is 0 Å². The lowest BCUT2D eigenvalue weighted by Gasteiger charge is -2.28. The summed E-state index contributed by atoms with van der Waals surface area (Å²) in [6.07, 6.45) is 8.30. The second kappa shape index (κ2) is 6.59. The number of aromatic amines is 1. The second-order valence-corrected chi connectivity index (χ2v) is 7.65. The van der Waals surface area contributed by atoms with E-state index < -0.39 is 0 Å². The third kappa shape index (κ3) is 2.78. The molecule has 30 heavy (non-hydrogen) atoms. The fourth-order valence-electron chi connectivity index (χ4n) is 4.06. The Balaban J connectivity index is 1.42. The first-order valence-electron chi connectivity index (χ1n) is 9.97. The average molecular weight is 396 g/mol. The van der Waals surface area contributed by atoms with Gasteiger partial charge in [-0.25, -0.2) is 9.97 Å². The van der Waals surface area contributed by atoms with Crippen LogP contribution in [0.5, 0.6) is 5.75 Å². The van der Waals surface area contributed by atoms with Gasteiger partial charge in [-0.1, -0.05) is 18.2 Å². The van der Waals surface area contributed by atoms with Crippen LogP contribution in [-0.4, -0.2) is 44.8 Å². The zero-order valence-corrected chi connectivity index (χ0v) is 16.5. The molecule has 4 heterocycles. The number of anilines is 1. The SMILES string of the molecule is CN1CCOc2cc(Cc3nc(-c4ccc5cn[nH]c5c4)cn4ccnc34)ccc21. The van der Waals surface area contributed by atoms with E-state index >= 15 is 0 Å². The van der Waals surface area contributed by atoms with Gasteiger partial charge in [-0.05, 0) is 23.8 Å². The number of H-pyrrole nitrogens is 1. The summed E-state index contributed by atoms with van der Waals surface area (Å²) < 4.78 is 7.92. The Hall–Kier alpha value is -3.87. The Kier molecular flexibility index (Phi) is 3.74. The quantitative estimate of drug-likeness (QED) is 0.504. The standard InChI is InChI=1S/C23H20N6O/c1-28-8-9-30-22-11-15(2-5-21(22)28)10-19-23-24-6-7-29(23)14-20(26-19)16-3-4-17-13-25-27-18(17)12-16/h2-7,11-14H,8-10H2,1H3,(H,25,27). The highest BCUT2D eigenvalue weighted by atomic mass is 16.5. The third-order valence-electron chi connectivity index (χ3n) is 5.67. The first-order chi connectivity index (χ1) is 14.7. The van der Waals surface area contributed by atoms with E-state index in [9.17, 15) is 0 Å². The van der Waals surface area contributed by atoms with Gasteiger partial charge < -0.3 is 14.0 Å². The summed E-state index contributed by atoms with van der Waals surface area (Å²) in [5, 5.41) is 8.23. The van der Waals surface area contributed by atoms with Gasteiger partial charge in [-0.2, -0.15) is 5.10 Å². The average Bonchev–Trinajstić information content (AvgIpc) is 3.42. The van der Waals surface area contributed by atoms with Crippen LogP contribution in [0.15, 0.2) is 61.2 Å². The molecule has 2 aromatic carbocycles. The zero-order valence-electron chi connectivity index (χ0n) is 16.5. The van der Waals surface area contributed by atoms with Gasteiger partial charge in [0, 0.05) is 43.0 Å². The molecule has 0 saturated carbocycles. The summed E-state index contributed by atoms with van der Waals surface area (Å²) >= 11 is 0. The van der Waals surface area contributed by atoms with Gasteiger partial charge in [0.05, 0.1) is 35.3 Å². The molecule has 0 amide bonds. The minimum absolute atomic E-state index is 0.682. The molecule has 148 valence electrons. The van der Waals surface area contributed by atoms with Gasteiger partial charge in [-0.3, -0.25) is 5.10 Å². The lowest BCUT2D eigenvalue weighted by molar-refractivity contribution is 0.311. The maximum Gasteiger partial charge on any atom is 0.158 e. The minimum Gasteiger partial charge on any atom is -0.490 e. The Morgan fingerprint density at radius 3 is 3.10 bits per heavy atom. The number of rotatable bonds is 3. The lowest BCUT2D eigenvalue weighted by atomic mass is 10.1. The number of hydrogen-bond acceptors (Lipinski definition) is 5. The van der Waals surface area contributed by atoms with Gasteiger partial charge in [0.1, 0.15) is 12.4 Å². The molecule has 0 saturated heterocycles. The predicted octanol–water partition coefficient (Wildman–Crippen LogP) is 3.69. The predicted molar refractivity (Wildman–Crippen MR) is 116 cm³/mol. The largest absolute Gasteiger partial charge is 0.490 e. The molecule has 6 rings (SSSR count). The van der Waals surface area contributed by atoms with E-state index in [-0.39, 0.29) is 0 Å². The van der Waals surface area contributed by atoms with Crippen LogP contribution in [-0.2, 0) is 6.42 Å². The van der Waals surface area contributed by atoms with Crippen LogP contribution in [0.4, 0.5) is 5.69 Å². The van der Waals surface area contributed by atoms with Gasteiger partial charge in [-0.15, -0.1) is 0 Å². The number of ether oxygens (including phenoxy) is 1. The number of fused-ring (bicyclic) bond motifs is 3. The van der Waals surface area contributed by atoms with E-state index in [1.54, 1.807) is 0 Å². The molecule has 0 fully saturated rings. The fourth-order valence-corrected chi connectivity index (χ4v) is 4.06. The maximum atomic E-state index is 5.88. The maximum absolute atomic E-state index is 5.88. The smallest absolute Gasteiger partial charge is 0.158 e. The summed E-state index contributed by atoms with van der Waals surface area (Å²) in [5.74, 6) is 0.932. The molecule has 0 atom stereocenters. The van der Waals surface area contributed by atoms with Gasteiger partial charge in [0.2, 0.25) is 0 Å². The van der Waals surface area contributed by atoms with Crippen molar-refractivity contribution in [2.45, 2.75) is 6.42 Å². The van der Waals surface area contributed by atoms with Crippen molar-refractivity contribution in [3.63, 3.8) is 0 Å². The molecule has 0 radical (unpaired) electrons. The summed E-state index contributed by atoms with van der Waals surface area (Å²) in [6, 6.07) is 12.6. The highest BCUT2D eigenvalue weighted by Gasteiger charge is 2.16. The number of nitrogens with one attached hydrogen (secondary N) is 1. The molecular weight excluding hydrogens is 376 g/mol. The van der Waals surface area contributed by atoms with Gasteiger partial charge in [0.15, 0.2) is 5.65 Å². The molecule has 0 unspecified atom stereocenters. The second-order valence-electron chi connectivity index (χ2n) is 7.65. The van der Waals surface area contributed by atoms with E-state index in [2.05, 4.69) is 63.5 Å². The van der Waals surface area contributed by atoms with Crippen LogP contribution in [0.2, 0.25) is 0 Å². The molecular formula is C23H20N6O. The highest BCUT2D eigenvalue weighted by molar-refractivity contribution is 5.83. The zero-order chi connectivity index (χ0) is 20.1. The van der Waals surface area contributed by atoms with Crippen LogP contribution >= 0.6 is 0 Å². The molecule has 5 aromatic rings.